The Morgan fingerprint density at radius 2 is 1.85 bits per heavy atom. The molecule has 0 radical (unpaired) electrons. The molecule has 2 atom stereocenters. The van der Waals surface area contributed by atoms with E-state index in [0.29, 0.717) is 5.56 Å². The fraction of sp³-hybridized carbons (Fsp3) is 0.214. The first-order valence-corrected chi connectivity index (χ1v) is 11.3. The van der Waals surface area contributed by atoms with Crippen molar-refractivity contribution >= 4 is 0 Å². The minimum absolute atomic E-state index is 0.00792. The lowest BCUT2D eigenvalue weighted by molar-refractivity contribution is 0.0617. The summed E-state index contributed by atoms with van der Waals surface area (Å²) < 4.78 is 0. The molecule has 1 aliphatic rings. The Morgan fingerprint density at radius 3 is 2.55 bits per heavy atom. The number of aromatic nitrogens is 2. The summed E-state index contributed by atoms with van der Waals surface area (Å²) in [6.07, 6.45) is 5.16. The van der Waals surface area contributed by atoms with Crippen molar-refractivity contribution in [3.63, 3.8) is 0 Å². The lowest BCUT2D eigenvalue weighted by Crippen LogP contribution is -2.45. The van der Waals surface area contributed by atoms with Gasteiger partial charge in [-0.15, -0.1) is 0 Å². The van der Waals surface area contributed by atoms with E-state index in [9.17, 15) is 5.11 Å². The van der Waals surface area contributed by atoms with Gasteiger partial charge in [-0.2, -0.15) is 5.26 Å². The molecule has 5 nitrogen and oxygen atoms in total. The molecular weight excluding hydrogens is 408 g/mol. The van der Waals surface area contributed by atoms with Crippen LogP contribution < -0.4 is 0 Å². The predicted molar refractivity (Wildman–Crippen MR) is 128 cm³/mol. The van der Waals surface area contributed by atoms with Gasteiger partial charge in [-0.05, 0) is 58.9 Å². The number of aliphatic hydroxyl groups excluding tert-OH is 1. The van der Waals surface area contributed by atoms with E-state index in [4.69, 9.17) is 5.26 Å². The molecule has 0 bridgehead atoms. The third kappa shape index (κ3) is 4.45. The molecular formula is C28H26N4O. The van der Waals surface area contributed by atoms with Crippen molar-refractivity contribution in [1.82, 2.24) is 14.9 Å². The van der Waals surface area contributed by atoms with Crippen LogP contribution in [0, 0.1) is 11.3 Å². The van der Waals surface area contributed by atoms with Crippen LogP contribution >= 0.6 is 0 Å². The SMILES string of the molecule is N#Cc1ccc(CC(c2ncc[nH]2)N2Cc3cc(-c4ccccc4)ccc3C[C@H]2CO)cc1. The summed E-state index contributed by atoms with van der Waals surface area (Å²) in [6.45, 7) is 0.827. The Kier molecular flexibility index (Phi) is 6.03. The molecule has 3 aromatic carbocycles. The van der Waals surface area contributed by atoms with Gasteiger partial charge in [-0.25, -0.2) is 4.98 Å². The van der Waals surface area contributed by atoms with E-state index in [0.717, 1.165) is 30.8 Å². The monoisotopic (exact) mass is 434 g/mol. The lowest BCUT2D eigenvalue weighted by atomic mass is 9.89. The van der Waals surface area contributed by atoms with Crippen LogP contribution in [0.15, 0.2) is 85.2 Å². The fourth-order valence-corrected chi connectivity index (χ4v) is 4.78. The quantitative estimate of drug-likeness (QED) is 0.463. The van der Waals surface area contributed by atoms with Gasteiger partial charge < -0.3 is 10.1 Å². The molecule has 5 heteroatoms. The normalized spacial score (nSPS) is 16.7. The van der Waals surface area contributed by atoms with Crippen molar-refractivity contribution in [3.05, 3.63) is 113 Å². The van der Waals surface area contributed by atoms with Gasteiger partial charge in [0, 0.05) is 25.0 Å². The van der Waals surface area contributed by atoms with Gasteiger partial charge in [0.1, 0.15) is 5.82 Å². The zero-order valence-electron chi connectivity index (χ0n) is 18.4. The number of benzene rings is 3. The molecule has 1 aliphatic heterocycles. The summed E-state index contributed by atoms with van der Waals surface area (Å²) in [6, 6.07) is 27.0. The molecule has 0 aliphatic carbocycles. The van der Waals surface area contributed by atoms with Crippen LogP contribution in [-0.2, 0) is 19.4 Å². The Morgan fingerprint density at radius 1 is 1.03 bits per heavy atom. The Labute approximate surface area is 194 Å². The molecule has 0 saturated heterocycles. The number of rotatable bonds is 6. The molecule has 1 aromatic heterocycles. The third-order valence-corrected chi connectivity index (χ3v) is 6.55. The first-order chi connectivity index (χ1) is 16.2. The molecule has 33 heavy (non-hydrogen) atoms. The van der Waals surface area contributed by atoms with Crippen LogP contribution in [0.3, 0.4) is 0 Å². The second kappa shape index (κ2) is 9.41. The highest BCUT2D eigenvalue weighted by atomic mass is 16.3. The lowest BCUT2D eigenvalue weighted by Gasteiger charge is -2.41. The van der Waals surface area contributed by atoms with Crippen LogP contribution in [-0.4, -0.2) is 32.6 Å². The smallest absolute Gasteiger partial charge is 0.123 e. The summed E-state index contributed by atoms with van der Waals surface area (Å²) in [5, 5.41) is 19.4. The van der Waals surface area contributed by atoms with E-state index in [1.165, 1.54) is 22.3 Å². The number of fused-ring (bicyclic) bond motifs is 1. The van der Waals surface area contributed by atoms with Crippen LogP contribution in [0.5, 0.6) is 0 Å². The standard InChI is InChI=1S/C28H26N4O/c29-17-21-8-6-20(7-9-21)14-27(28-30-12-13-31-28)32-18-25-15-23(22-4-2-1-3-5-22)10-11-24(25)16-26(32)19-33/h1-13,15,26-27,33H,14,16,18-19H2,(H,30,31)/t26-,27?/m0/s1. The fourth-order valence-electron chi connectivity index (χ4n) is 4.78. The minimum Gasteiger partial charge on any atom is -0.395 e. The van der Waals surface area contributed by atoms with E-state index < -0.39 is 0 Å². The summed E-state index contributed by atoms with van der Waals surface area (Å²) in [5.74, 6) is 0.889. The molecule has 0 fully saturated rings. The molecule has 2 heterocycles. The highest BCUT2D eigenvalue weighted by Gasteiger charge is 2.33. The number of H-pyrrole nitrogens is 1. The Hall–Kier alpha value is -3.72. The average molecular weight is 435 g/mol. The van der Waals surface area contributed by atoms with Crippen LogP contribution in [0.1, 0.15) is 34.1 Å². The van der Waals surface area contributed by atoms with Crippen molar-refractivity contribution in [1.29, 1.82) is 5.26 Å². The van der Waals surface area contributed by atoms with E-state index in [1.54, 1.807) is 6.20 Å². The summed E-state index contributed by atoms with van der Waals surface area (Å²) in [5.41, 5.74) is 6.78. The highest BCUT2D eigenvalue weighted by Crippen LogP contribution is 2.34. The number of aromatic amines is 1. The second-order valence-corrected chi connectivity index (χ2v) is 8.57. The first-order valence-electron chi connectivity index (χ1n) is 11.3. The Bertz CT molecular complexity index is 1240. The van der Waals surface area contributed by atoms with Gasteiger partial charge in [0.2, 0.25) is 0 Å². The third-order valence-electron chi connectivity index (χ3n) is 6.55. The van der Waals surface area contributed by atoms with E-state index >= 15 is 0 Å². The summed E-state index contributed by atoms with van der Waals surface area (Å²) >= 11 is 0. The van der Waals surface area contributed by atoms with Crippen molar-refractivity contribution in [2.24, 2.45) is 0 Å². The number of aliphatic hydroxyl groups is 1. The van der Waals surface area contributed by atoms with Gasteiger partial charge >= 0.3 is 0 Å². The van der Waals surface area contributed by atoms with Crippen LogP contribution in [0.25, 0.3) is 11.1 Å². The maximum Gasteiger partial charge on any atom is 0.123 e. The second-order valence-electron chi connectivity index (χ2n) is 8.57. The largest absolute Gasteiger partial charge is 0.395 e. The topological polar surface area (TPSA) is 75.9 Å². The predicted octanol–water partition coefficient (Wildman–Crippen LogP) is 4.65. The zero-order valence-corrected chi connectivity index (χ0v) is 18.4. The first kappa shape index (κ1) is 21.1. The molecule has 5 rings (SSSR count). The maximum absolute atomic E-state index is 10.3. The van der Waals surface area contributed by atoms with Gasteiger partial charge in [-0.3, -0.25) is 4.90 Å². The van der Waals surface area contributed by atoms with E-state index in [2.05, 4.69) is 63.4 Å². The molecule has 0 spiro atoms. The number of nitrogens with zero attached hydrogens (tertiary/aromatic N) is 3. The number of nitrogens with one attached hydrogen (secondary N) is 1. The van der Waals surface area contributed by atoms with Crippen molar-refractivity contribution in [3.8, 4) is 17.2 Å². The molecule has 164 valence electrons. The Balaban J connectivity index is 1.49. The van der Waals surface area contributed by atoms with Gasteiger partial charge in [-0.1, -0.05) is 54.6 Å². The highest BCUT2D eigenvalue weighted by molar-refractivity contribution is 5.65. The van der Waals surface area contributed by atoms with Crippen molar-refractivity contribution in [2.45, 2.75) is 31.5 Å². The van der Waals surface area contributed by atoms with Crippen LogP contribution in [0.2, 0.25) is 0 Å². The number of nitriles is 1. The molecule has 1 unspecified atom stereocenters. The van der Waals surface area contributed by atoms with Gasteiger partial charge in [0.05, 0.1) is 24.3 Å². The average Bonchev–Trinajstić information content (AvgIpc) is 3.42. The summed E-state index contributed by atoms with van der Waals surface area (Å²) in [7, 11) is 0. The van der Waals surface area contributed by atoms with Gasteiger partial charge in [0.15, 0.2) is 0 Å². The minimum atomic E-state index is -0.0152. The van der Waals surface area contributed by atoms with Gasteiger partial charge in [0.25, 0.3) is 0 Å². The zero-order chi connectivity index (χ0) is 22.6. The molecule has 0 amide bonds. The van der Waals surface area contributed by atoms with Crippen molar-refractivity contribution < 1.29 is 5.11 Å². The maximum atomic E-state index is 10.3. The number of imidazole rings is 1. The molecule has 4 aromatic rings. The number of hydrogen-bond donors (Lipinski definition) is 2. The molecule has 0 saturated carbocycles. The van der Waals surface area contributed by atoms with Crippen LogP contribution in [0.4, 0.5) is 0 Å². The van der Waals surface area contributed by atoms with E-state index in [1.807, 2.05) is 36.5 Å². The summed E-state index contributed by atoms with van der Waals surface area (Å²) in [4.78, 5) is 10.2. The van der Waals surface area contributed by atoms with Crippen molar-refractivity contribution in [2.75, 3.05) is 6.61 Å². The van der Waals surface area contributed by atoms with E-state index in [-0.39, 0.29) is 18.7 Å². The molecule has 2 N–H and O–H groups in total. The number of hydrogen-bond acceptors (Lipinski definition) is 4.